The van der Waals surface area contributed by atoms with Crippen LogP contribution in [0.5, 0.6) is 0 Å². The van der Waals surface area contributed by atoms with E-state index in [1.54, 1.807) is 6.92 Å². The van der Waals surface area contributed by atoms with Gasteiger partial charge in [0.1, 0.15) is 0 Å². The van der Waals surface area contributed by atoms with Crippen LogP contribution in [0.4, 0.5) is 13.2 Å². The van der Waals surface area contributed by atoms with E-state index in [1.807, 2.05) is 6.26 Å². The van der Waals surface area contributed by atoms with Gasteiger partial charge in [-0.2, -0.15) is 29.9 Å². The summed E-state index contributed by atoms with van der Waals surface area (Å²) in [5.41, 5.74) is 0. The van der Waals surface area contributed by atoms with Crippen LogP contribution in [0.25, 0.3) is 0 Å². The van der Waals surface area contributed by atoms with E-state index in [0.29, 0.717) is 5.75 Å². The molecule has 5 nitrogen and oxygen atoms in total. The van der Waals surface area contributed by atoms with Crippen molar-refractivity contribution in [2.75, 3.05) is 12.0 Å². The summed E-state index contributed by atoms with van der Waals surface area (Å²) in [6.45, 7) is 1.52. The second-order valence-electron chi connectivity index (χ2n) is 3.58. The fourth-order valence-corrected chi connectivity index (χ4v) is 1.76. The van der Waals surface area contributed by atoms with Gasteiger partial charge in [0.15, 0.2) is 0 Å². The van der Waals surface area contributed by atoms with E-state index in [9.17, 15) is 18.0 Å². The normalized spacial score (nSPS) is 13.4. The number of aromatic nitrogens is 2. The molecule has 102 valence electrons. The van der Waals surface area contributed by atoms with Crippen molar-refractivity contribution in [3.8, 4) is 0 Å². The summed E-state index contributed by atoms with van der Waals surface area (Å²) < 4.78 is 40.8. The van der Waals surface area contributed by atoms with E-state index in [1.165, 1.54) is 11.8 Å². The first-order valence-corrected chi connectivity index (χ1v) is 6.40. The molecular formula is C9H12F3N3O2S. The van der Waals surface area contributed by atoms with Gasteiger partial charge in [-0.25, -0.2) is 0 Å². The number of thioether (sulfide) groups is 1. The molecule has 0 aliphatic carbocycles. The minimum Gasteiger partial charge on any atom is -0.347 e. The van der Waals surface area contributed by atoms with Gasteiger partial charge >= 0.3 is 6.18 Å². The Kier molecular flexibility index (Phi) is 5.00. The number of carbonyl (C=O) groups is 1. The number of halogens is 3. The van der Waals surface area contributed by atoms with Gasteiger partial charge in [0, 0.05) is 11.7 Å². The van der Waals surface area contributed by atoms with Crippen molar-refractivity contribution < 1.29 is 22.5 Å². The molecule has 0 fully saturated rings. The monoisotopic (exact) mass is 283 g/mol. The maximum atomic E-state index is 12.2. The van der Waals surface area contributed by atoms with Gasteiger partial charge in [0.25, 0.3) is 5.82 Å². The van der Waals surface area contributed by atoms with Gasteiger partial charge in [-0.3, -0.25) is 4.79 Å². The first-order valence-electron chi connectivity index (χ1n) is 5.01. The van der Waals surface area contributed by atoms with Crippen molar-refractivity contribution in [1.29, 1.82) is 0 Å². The maximum Gasteiger partial charge on any atom is 0.455 e. The standard InChI is InChI=1S/C9H12F3N3O2S/c1-5(4-18-2)7(16)13-3-6-14-8(15-17-6)9(10,11)12/h5H,3-4H2,1-2H3,(H,13,16). The lowest BCUT2D eigenvalue weighted by atomic mass is 10.2. The minimum atomic E-state index is -4.64. The number of hydrogen-bond donors (Lipinski definition) is 1. The van der Waals surface area contributed by atoms with Gasteiger partial charge in [-0.15, -0.1) is 0 Å². The lowest BCUT2D eigenvalue weighted by molar-refractivity contribution is -0.146. The highest BCUT2D eigenvalue weighted by Gasteiger charge is 2.37. The van der Waals surface area contributed by atoms with Crippen LogP contribution >= 0.6 is 11.8 Å². The molecule has 0 saturated heterocycles. The number of carbonyl (C=O) groups excluding carboxylic acids is 1. The Morgan fingerprint density at radius 3 is 2.72 bits per heavy atom. The predicted octanol–water partition coefficient (Wildman–Crippen LogP) is 1.70. The van der Waals surface area contributed by atoms with Gasteiger partial charge in [0.2, 0.25) is 11.8 Å². The van der Waals surface area contributed by atoms with E-state index < -0.39 is 12.0 Å². The fourth-order valence-electron chi connectivity index (χ4n) is 1.10. The van der Waals surface area contributed by atoms with Crippen LogP contribution in [0, 0.1) is 5.92 Å². The van der Waals surface area contributed by atoms with Crippen molar-refractivity contribution >= 4 is 17.7 Å². The van der Waals surface area contributed by atoms with E-state index >= 15 is 0 Å². The van der Waals surface area contributed by atoms with E-state index in [4.69, 9.17) is 0 Å². The molecule has 1 aromatic heterocycles. The number of nitrogens with zero attached hydrogens (tertiary/aromatic N) is 2. The Morgan fingerprint density at radius 1 is 1.56 bits per heavy atom. The van der Waals surface area contributed by atoms with Crippen molar-refractivity contribution in [1.82, 2.24) is 15.5 Å². The third-order valence-corrected chi connectivity index (χ3v) is 2.83. The Hall–Kier alpha value is -1.25. The Morgan fingerprint density at radius 2 is 2.22 bits per heavy atom. The molecule has 1 unspecified atom stereocenters. The van der Waals surface area contributed by atoms with Gasteiger partial charge in [0.05, 0.1) is 6.54 Å². The first-order chi connectivity index (χ1) is 8.34. The van der Waals surface area contributed by atoms with Gasteiger partial charge in [-0.05, 0) is 6.26 Å². The molecule has 1 aromatic rings. The zero-order valence-electron chi connectivity index (χ0n) is 9.74. The van der Waals surface area contributed by atoms with Crippen LogP contribution in [0.2, 0.25) is 0 Å². The lowest BCUT2D eigenvalue weighted by Gasteiger charge is -2.08. The smallest absolute Gasteiger partial charge is 0.347 e. The fraction of sp³-hybridized carbons (Fsp3) is 0.667. The third kappa shape index (κ3) is 4.21. The molecule has 0 aliphatic rings. The molecule has 0 spiro atoms. The van der Waals surface area contributed by atoms with E-state index in [2.05, 4.69) is 20.0 Å². The Labute approximate surface area is 106 Å². The number of nitrogens with one attached hydrogen (secondary N) is 1. The summed E-state index contributed by atoms with van der Waals surface area (Å²) in [6, 6.07) is 0. The molecule has 1 rings (SSSR count). The van der Waals surface area contributed by atoms with Crippen molar-refractivity contribution in [3.05, 3.63) is 11.7 Å². The topological polar surface area (TPSA) is 68.0 Å². The van der Waals surface area contributed by atoms with Crippen LogP contribution in [0.15, 0.2) is 4.52 Å². The molecule has 1 atom stereocenters. The molecule has 0 aliphatic heterocycles. The van der Waals surface area contributed by atoms with Gasteiger partial charge < -0.3 is 9.84 Å². The summed E-state index contributed by atoms with van der Waals surface area (Å²) in [5.74, 6) is -1.49. The van der Waals surface area contributed by atoms with E-state index in [-0.39, 0.29) is 24.3 Å². The molecule has 0 bridgehead atoms. The number of rotatable bonds is 5. The molecule has 1 heterocycles. The van der Waals surface area contributed by atoms with Crippen molar-refractivity contribution in [2.45, 2.75) is 19.6 Å². The highest BCUT2D eigenvalue weighted by molar-refractivity contribution is 7.98. The number of amides is 1. The second-order valence-corrected chi connectivity index (χ2v) is 4.49. The Bertz CT molecular complexity index is 408. The van der Waals surface area contributed by atoms with Crippen LogP contribution in [0.1, 0.15) is 18.6 Å². The van der Waals surface area contributed by atoms with Crippen LogP contribution in [-0.4, -0.2) is 28.1 Å². The minimum absolute atomic E-state index is 0.208. The Balaban J connectivity index is 2.49. The first kappa shape index (κ1) is 14.8. The molecule has 0 saturated carbocycles. The summed E-state index contributed by atoms with van der Waals surface area (Å²) in [4.78, 5) is 14.6. The molecule has 1 N–H and O–H groups in total. The molecule has 0 aromatic carbocycles. The molecule has 9 heteroatoms. The summed E-state index contributed by atoms with van der Waals surface area (Å²) >= 11 is 1.51. The van der Waals surface area contributed by atoms with Crippen molar-refractivity contribution in [2.24, 2.45) is 5.92 Å². The molecule has 0 radical (unpaired) electrons. The average molecular weight is 283 g/mol. The second kappa shape index (κ2) is 6.07. The largest absolute Gasteiger partial charge is 0.455 e. The lowest BCUT2D eigenvalue weighted by Crippen LogP contribution is -2.30. The van der Waals surface area contributed by atoms with Crippen LogP contribution in [-0.2, 0) is 17.5 Å². The third-order valence-electron chi connectivity index (χ3n) is 2.00. The van der Waals surface area contributed by atoms with Crippen molar-refractivity contribution in [3.63, 3.8) is 0 Å². The van der Waals surface area contributed by atoms with Gasteiger partial charge in [-0.1, -0.05) is 12.1 Å². The average Bonchev–Trinajstić information content (AvgIpc) is 2.74. The summed E-state index contributed by atoms with van der Waals surface area (Å²) in [7, 11) is 0. The number of hydrogen-bond acceptors (Lipinski definition) is 5. The predicted molar refractivity (Wildman–Crippen MR) is 58.7 cm³/mol. The maximum absolute atomic E-state index is 12.2. The van der Waals surface area contributed by atoms with Crippen LogP contribution in [0.3, 0.4) is 0 Å². The quantitative estimate of drug-likeness (QED) is 0.891. The molecular weight excluding hydrogens is 271 g/mol. The zero-order valence-corrected chi connectivity index (χ0v) is 10.6. The van der Waals surface area contributed by atoms with Crippen LogP contribution < -0.4 is 5.32 Å². The summed E-state index contributed by atoms with van der Waals surface area (Å²) in [5, 5.41) is 5.21. The highest BCUT2D eigenvalue weighted by Crippen LogP contribution is 2.26. The summed E-state index contributed by atoms with van der Waals surface area (Å²) in [6.07, 6.45) is -2.78. The highest BCUT2D eigenvalue weighted by atomic mass is 32.2. The SMILES string of the molecule is CSCC(C)C(=O)NCc1nc(C(F)(F)F)no1. The molecule has 1 amide bonds. The molecule has 18 heavy (non-hydrogen) atoms. The zero-order chi connectivity index (χ0) is 13.8. The van der Waals surface area contributed by atoms with E-state index in [0.717, 1.165) is 0 Å². The number of alkyl halides is 3.